The molecule has 1 aromatic heterocycles. The molecule has 1 unspecified atom stereocenters. The number of nitrogens with one attached hydrogen (secondary N) is 1. The quantitative estimate of drug-likeness (QED) is 0.819. The van der Waals surface area contributed by atoms with Crippen molar-refractivity contribution in [2.24, 2.45) is 0 Å². The molecule has 0 aliphatic carbocycles. The molecular weight excluding hydrogens is 244 g/mol. The second-order valence-corrected chi connectivity index (χ2v) is 4.47. The molecule has 2 aromatic rings. The molecule has 19 heavy (non-hydrogen) atoms. The number of anilines is 1. The molecule has 0 amide bonds. The Morgan fingerprint density at radius 1 is 1.42 bits per heavy atom. The van der Waals surface area contributed by atoms with Gasteiger partial charge in [-0.1, -0.05) is 12.1 Å². The molecule has 1 saturated heterocycles. The van der Waals surface area contributed by atoms with E-state index in [-0.39, 0.29) is 6.10 Å². The van der Waals surface area contributed by atoms with E-state index in [9.17, 15) is 0 Å². The summed E-state index contributed by atoms with van der Waals surface area (Å²) >= 11 is 0. The third kappa shape index (κ3) is 2.68. The standard InChI is InChI=1S/C13H16N4O2/c14-9-4-1-2-5-10(9)19-8-12-15-13(17-16-12)11-6-3-7-18-11/h1-2,4-5,11H,3,6-8,14H2,(H,15,16,17). The topological polar surface area (TPSA) is 86.1 Å². The highest BCUT2D eigenvalue weighted by Crippen LogP contribution is 2.26. The van der Waals surface area contributed by atoms with Gasteiger partial charge in [0.15, 0.2) is 11.6 Å². The van der Waals surface area contributed by atoms with E-state index in [1.165, 1.54) is 0 Å². The first-order valence-corrected chi connectivity index (χ1v) is 6.33. The minimum Gasteiger partial charge on any atom is -0.483 e. The molecule has 1 aromatic carbocycles. The molecule has 0 spiro atoms. The van der Waals surface area contributed by atoms with Crippen molar-refractivity contribution in [2.75, 3.05) is 12.3 Å². The van der Waals surface area contributed by atoms with E-state index in [2.05, 4.69) is 15.2 Å². The van der Waals surface area contributed by atoms with Crippen LogP contribution in [0.4, 0.5) is 5.69 Å². The predicted octanol–water partition coefficient (Wildman–Crippen LogP) is 1.82. The molecule has 0 saturated carbocycles. The number of hydrogen-bond donors (Lipinski definition) is 2. The maximum absolute atomic E-state index is 5.80. The summed E-state index contributed by atoms with van der Waals surface area (Å²) in [4.78, 5) is 4.38. The zero-order valence-corrected chi connectivity index (χ0v) is 10.5. The second kappa shape index (κ2) is 5.27. The van der Waals surface area contributed by atoms with Crippen LogP contribution < -0.4 is 10.5 Å². The summed E-state index contributed by atoms with van der Waals surface area (Å²) < 4.78 is 11.1. The number of ether oxygens (including phenoxy) is 2. The Morgan fingerprint density at radius 2 is 2.32 bits per heavy atom. The number of H-pyrrole nitrogens is 1. The molecule has 3 rings (SSSR count). The van der Waals surface area contributed by atoms with Gasteiger partial charge in [-0.25, -0.2) is 4.98 Å². The summed E-state index contributed by atoms with van der Waals surface area (Å²) in [5.74, 6) is 2.03. The molecule has 1 aliphatic rings. The summed E-state index contributed by atoms with van der Waals surface area (Å²) in [6.07, 6.45) is 2.06. The highest BCUT2D eigenvalue weighted by Gasteiger charge is 2.21. The van der Waals surface area contributed by atoms with Crippen molar-refractivity contribution in [3.05, 3.63) is 35.9 Å². The first-order chi connectivity index (χ1) is 9.33. The van der Waals surface area contributed by atoms with Gasteiger partial charge in [0.05, 0.1) is 5.69 Å². The number of nitrogen functional groups attached to an aromatic ring is 1. The minimum atomic E-state index is 0.0202. The van der Waals surface area contributed by atoms with Crippen LogP contribution in [0.5, 0.6) is 5.75 Å². The number of aromatic nitrogens is 3. The van der Waals surface area contributed by atoms with Crippen LogP contribution in [-0.2, 0) is 11.3 Å². The Hall–Kier alpha value is -2.08. The lowest BCUT2D eigenvalue weighted by Crippen LogP contribution is -2.01. The zero-order valence-electron chi connectivity index (χ0n) is 10.5. The summed E-state index contributed by atoms with van der Waals surface area (Å²) in [5, 5.41) is 7.03. The maximum atomic E-state index is 5.80. The molecule has 2 heterocycles. The van der Waals surface area contributed by atoms with Gasteiger partial charge >= 0.3 is 0 Å². The number of para-hydroxylation sites is 2. The number of aromatic amines is 1. The normalized spacial score (nSPS) is 18.6. The zero-order chi connectivity index (χ0) is 13.1. The van der Waals surface area contributed by atoms with Gasteiger partial charge in [-0.05, 0) is 25.0 Å². The van der Waals surface area contributed by atoms with E-state index in [1.54, 1.807) is 6.07 Å². The van der Waals surface area contributed by atoms with Crippen molar-refractivity contribution < 1.29 is 9.47 Å². The van der Waals surface area contributed by atoms with Gasteiger partial charge in [0, 0.05) is 6.61 Å². The van der Waals surface area contributed by atoms with Gasteiger partial charge in [0.2, 0.25) is 0 Å². The fourth-order valence-electron chi connectivity index (χ4n) is 2.06. The second-order valence-electron chi connectivity index (χ2n) is 4.47. The summed E-state index contributed by atoms with van der Waals surface area (Å²) in [5.41, 5.74) is 6.41. The van der Waals surface area contributed by atoms with Crippen LogP contribution in [0.1, 0.15) is 30.6 Å². The van der Waals surface area contributed by atoms with E-state index in [0.29, 0.717) is 29.7 Å². The van der Waals surface area contributed by atoms with Crippen LogP contribution in [0.2, 0.25) is 0 Å². The summed E-state index contributed by atoms with van der Waals surface area (Å²) in [6, 6.07) is 7.37. The van der Waals surface area contributed by atoms with E-state index >= 15 is 0 Å². The van der Waals surface area contributed by atoms with Gasteiger partial charge < -0.3 is 15.2 Å². The lowest BCUT2D eigenvalue weighted by atomic mass is 10.2. The molecule has 1 fully saturated rings. The number of rotatable bonds is 4. The molecule has 100 valence electrons. The lowest BCUT2D eigenvalue weighted by molar-refractivity contribution is 0.105. The van der Waals surface area contributed by atoms with Crippen molar-refractivity contribution in [1.82, 2.24) is 15.2 Å². The highest BCUT2D eigenvalue weighted by molar-refractivity contribution is 5.51. The van der Waals surface area contributed by atoms with Crippen LogP contribution in [0.15, 0.2) is 24.3 Å². The Morgan fingerprint density at radius 3 is 3.11 bits per heavy atom. The van der Waals surface area contributed by atoms with Gasteiger partial charge in [0.25, 0.3) is 0 Å². The van der Waals surface area contributed by atoms with Gasteiger partial charge in [-0.2, -0.15) is 5.10 Å². The third-order valence-corrected chi connectivity index (χ3v) is 3.05. The molecule has 1 aliphatic heterocycles. The molecule has 6 nitrogen and oxygen atoms in total. The average molecular weight is 260 g/mol. The van der Waals surface area contributed by atoms with Crippen LogP contribution in [0, 0.1) is 0 Å². The van der Waals surface area contributed by atoms with Gasteiger partial charge in [-0.15, -0.1) is 0 Å². The summed E-state index contributed by atoms with van der Waals surface area (Å²) in [7, 11) is 0. The van der Waals surface area contributed by atoms with E-state index in [1.807, 2.05) is 18.2 Å². The third-order valence-electron chi connectivity index (χ3n) is 3.05. The van der Waals surface area contributed by atoms with E-state index in [0.717, 1.165) is 19.4 Å². The monoisotopic (exact) mass is 260 g/mol. The van der Waals surface area contributed by atoms with Crippen molar-refractivity contribution in [1.29, 1.82) is 0 Å². The van der Waals surface area contributed by atoms with Gasteiger partial charge in [-0.3, -0.25) is 5.10 Å². The fraction of sp³-hybridized carbons (Fsp3) is 0.385. The SMILES string of the molecule is Nc1ccccc1OCc1nc(C2CCCO2)n[nH]1. The first kappa shape index (κ1) is 12.0. The van der Waals surface area contributed by atoms with E-state index < -0.39 is 0 Å². The Bertz CT molecular complexity index is 549. The van der Waals surface area contributed by atoms with E-state index in [4.69, 9.17) is 15.2 Å². The number of hydrogen-bond acceptors (Lipinski definition) is 5. The minimum absolute atomic E-state index is 0.0202. The van der Waals surface area contributed by atoms with Crippen molar-refractivity contribution in [3.8, 4) is 5.75 Å². The molecule has 0 radical (unpaired) electrons. The van der Waals surface area contributed by atoms with Crippen LogP contribution >= 0.6 is 0 Å². The molecular formula is C13H16N4O2. The van der Waals surface area contributed by atoms with Crippen LogP contribution in [0.25, 0.3) is 0 Å². The number of nitrogens with zero attached hydrogens (tertiary/aromatic N) is 2. The molecule has 6 heteroatoms. The Labute approximate surface area is 110 Å². The Balaban J connectivity index is 1.63. The first-order valence-electron chi connectivity index (χ1n) is 6.33. The van der Waals surface area contributed by atoms with Crippen molar-refractivity contribution >= 4 is 5.69 Å². The fourth-order valence-corrected chi connectivity index (χ4v) is 2.06. The van der Waals surface area contributed by atoms with Crippen LogP contribution in [0.3, 0.4) is 0 Å². The number of nitrogens with two attached hydrogens (primary N) is 1. The lowest BCUT2D eigenvalue weighted by Gasteiger charge is -2.06. The Kier molecular flexibility index (Phi) is 3.33. The average Bonchev–Trinajstić information content (AvgIpc) is 3.09. The molecule has 0 bridgehead atoms. The summed E-state index contributed by atoms with van der Waals surface area (Å²) in [6.45, 7) is 1.10. The van der Waals surface area contributed by atoms with Crippen molar-refractivity contribution in [2.45, 2.75) is 25.6 Å². The number of benzene rings is 1. The van der Waals surface area contributed by atoms with Crippen LogP contribution in [-0.4, -0.2) is 21.8 Å². The smallest absolute Gasteiger partial charge is 0.179 e. The predicted molar refractivity (Wildman–Crippen MR) is 69.5 cm³/mol. The van der Waals surface area contributed by atoms with Gasteiger partial charge in [0.1, 0.15) is 18.5 Å². The highest BCUT2D eigenvalue weighted by atomic mass is 16.5. The van der Waals surface area contributed by atoms with Crippen molar-refractivity contribution in [3.63, 3.8) is 0 Å². The largest absolute Gasteiger partial charge is 0.483 e. The molecule has 1 atom stereocenters. The molecule has 3 N–H and O–H groups in total. The maximum Gasteiger partial charge on any atom is 0.179 e.